The molecule has 0 spiro atoms. The SMILES string of the molecule is CCOc1cc(C)ccc1NC(=O)c1sc(N)nc1C. The van der Waals surface area contributed by atoms with E-state index in [0.29, 0.717) is 33.7 Å². The van der Waals surface area contributed by atoms with Gasteiger partial charge < -0.3 is 15.8 Å². The van der Waals surface area contributed by atoms with Crippen LogP contribution in [0.15, 0.2) is 18.2 Å². The van der Waals surface area contributed by atoms with Crippen molar-refractivity contribution in [1.29, 1.82) is 0 Å². The number of anilines is 2. The fourth-order valence-corrected chi connectivity index (χ4v) is 2.54. The highest BCUT2D eigenvalue weighted by Crippen LogP contribution is 2.28. The molecule has 6 heteroatoms. The summed E-state index contributed by atoms with van der Waals surface area (Å²) in [6.07, 6.45) is 0. The van der Waals surface area contributed by atoms with E-state index in [2.05, 4.69) is 10.3 Å². The summed E-state index contributed by atoms with van der Waals surface area (Å²) in [6, 6.07) is 5.65. The van der Waals surface area contributed by atoms with Gasteiger partial charge in [0.2, 0.25) is 0 Å². The Morgan fingerprint density at radius 2 is 2.20 bits per heavy atom. The molecule has 5 nitrogen and oxygen atoms in total. The molecule has 1 aromatic heterocycles. The summed E-state index contributed by atoms with van der Waals surface area (Å²) >= 11 is 1.18. The Hall–Kier alpha value is -2.08. The molecule has 20 heavy (non-hydrogen) atoms. The lowest BCUT2D eigenvalue weighted by molar-refractivity contribution is 0.102. The third kappa shape index (κ3) is 3.08. The van der Waals surface area contributed by atoms with Gasteiger partial charge in [0.05, 0.1) is 18.0 Å². The lowest BCUT2D eigenvalue weighted by Gasteiger charge is -2.11. The molecule has 106 valence electrons. The Kier molecular flexibility index (Phi) is 4.24. The molecule has 2 aromatic rings. The smallest absolute Gasteiger partial charge is 0.267 e. The fraction of sp³-hybridized carbons (Fsp3) is 0.286. The van der Waals surface area contributed by atoms with Gasteiger partial charge in [-0.15, -0.1) is 0 Å². The Morgan fingerprint density at radius 3 is 2.80 bits per heavy atom. The summed E-state index contributed by atoms with van der Waals surface area (Å²) in [6.45, 7) is 6.18. The average Bonchev–Trinajstić information content (AvgIpc) is 2.72. The van der Waals surface area contributed by atoms with Crippen LogP contribution in [0.2, 0.25) is 0 Å². The molecule has 0 saturated heterocycles. The first-order chi connectivity index (χ1) is 9.51. The number of aromatic nitrogens is 1. The Balaban J connectivity index is 2.25. The van der Waals surface area contributed by atoms with Crippen molar-refractivity contribution in [3.63, 3.8) is 0 Å². The molecule has 0 unspecified atom stereocenters. The first kappa shape index (κ1) is 14.3. The van der Waals surface area contributed by atoms with E-state index in [1.165, 1.54) is 11.3 Å². The minimum absolute atomic E-state index is 0.221. The van der Waals surface area contributed by atoms with Crippen molar-refractivity contribution < 1.29 is 9.53 Å². The number of ether oxygens (including phenoxy) is 1. The molecule has 0 aliphatic carbocycles. The predicted octanol–water partition coefficient (Wildman–Crippen LogP) is 2.99. The maximum atomic E-state index is 12.2. The van der Waals surface area contributed by atoms with Crippen LogP contribution in [0.3, 0.4) is 0 Å². The van der Waals surface area contributed by atoms with E-state index >= 15 is 0 Å². The molecule has 0 bridgehead atoms. The molecule has 2 rings (SSSR count). The normalized spacial score (nSPS) is 10.3. The van der Waals surface area contributed by atoms with E-state index in [-0.39, 0.29) is 5.91 Å². The number of benzene rings is 1. The lowest BCUT2D eigenvalue weighted by Crippen LogP contribution is -2.12. The quantitative estimate of drug-likeness (QED) is 0.907. The molecule has 0 atom stereocenters. The second-order valence-electron chi connectivity index (χ2n) is 4.35. The number of nitrogen functional groups attached to an aromatic ring is 1. The Morgan fingerprint density at radius 1 is 1.45 bits per heavy atom. The van der Waals surface area contributed by atoms with Crippen molar-refractivity contribution in [2.24, 2.45) is 0 Å². The molecular formula is C14H17N3O2S. The van der Waals surface area contributed by atoms with Crippen molar-refractivity contribution in [2.75, 3.05) is 17.7 Å². The van der Waals surface area contributed by atoms with Gasteiger partial charge in [-0.25, -0.2) is 4.98 Å². The van der Waals surface area contributed by atoms with Crippen molar-refractivity contribution in [2.45, 2.75) is 20.8 Å². The summed E-state index contributed by atoms with van der Waals surface area (Å²) in [4.78, 5) is 16.8. The number of nitrogens with one attached hydrogen (secondary N) is 1. The van der Waals surface area contributed by atoms with Crippen LogP contribution in [0.4, 0.5) is 10.8 Å². The predicted molar refractivity (Wildman–Crippen MR) is 81.6 cm³/mol. The number of thiazole rings is 1. The molecule has 1 amide bonds. The van der Waals surface area contributed by atoms with Crippen LogP contribution >= 0.6 is 11.3 Å². The molecule has 0 radical (unpaired) electrons. The number of nitrogens with zero attached hydrogens (tertiary/aromatic N) is 1. The van der Waals surface area contributed by atoms with Crippen LogP contribution in [-0.4, -0.2) is 17.5 Å². The molecular weight excluding hydrogens is 274 g/mol. The summed E-state index contributed by atoms with van der Waals surface area (Å²) in [5, 5.41) is 3.23. The largest absolute Gasteiger partial charge is 0.492 e. The van der Waals surface area contributed by atoms with Crippen LogP contribution in [0.25, 0.3) is 0 Å². The molecule has 0 saturated carbocycles. The van der Waals surface area contributed by atoms with Crippen LogP contribution in [0, 0.1) is 13.8 Å². The van der Waals surface area contributed by atoms with Crippen LogP contribution in [0.5, 0.6) is 5.75 Å². The zero-order valence-electron chi connectivity index (χ0n) is 11.7. The first-order valence-corrected chi connectivity index (χ1v) is 7.10. The number of nitrogens with two attached hydrogens (primary N) is 1. The second kappa shape index (κ2) is 5.92. The van der Waals surface area contributed by atoms with E-state index in [1.54, 1.807) is 6.92 Å². The molecule has 0 aliphatic rings. The minimum atomic E-state index is -0.221. The fourth-order valence-electron chi connectivity index (χ4n) is 1.81. The number of hydrogen-bond acceptors (Lipinski definition) is 5. The van der Waals surface area contributed by atoms with Gasteiger partial charge in [0, 0.05) is 0 Å². The van der Waals surface area contributed by atoms with E-state index in [1.807, 2.05) is 32.0 Å². The lowest BCUT2D eigenvalue weighted by atomic mass is 10.2. The van der Waals surface area contributed by atoms with Crippen LogP contribution in [0.1, 0.15) is 27.9 Å². The van der Waals surface area contributed by atoms with Crippen LogP contribution < -0.4 is 15.8 Å². The first-order valence-electron chi connectivity index (χ1n) is 6.29. The number of carbonyl (C=O) groups is 1. The third-order valence-corrected chi connectivity index (χ3v) is 3.69. The Labute approximate surface area is 121 Å². The van der Waals surface area contributed by atoms with Gasteiger partial charge in [-0.1, -0.05) is 17.4 Å². The van der Waals surface area contributed by atoms with Crippen molar-refractivity contribution >= 4 is 28.1 Å². The van der Waals surface area contributed by atoms with E-state index in [9.17, 15) is 4.79 Å². The molecule has 3 N–H and O–H groups in total. The second-order valence-corrected chi connectivity index (χ2v) is 5.38. The number of aryl methyl sites for hydroxylation is 2. The zero-order valence-corrected chi connectivity index (χ0v) is 12.5. The molecule has 1 aromatic carbocycles. The molecule has 0 fully saturated rings. The van der Waals surface area contributed by atoms with E-state index in [0.717, 1.165) is 5.56 Å². The maximum Gasteiger partial charge on any atom is 0.267 e. The number of carbonyl (C=O) groups excluding carboxylic acids is 1. The van der Waals surface area contributed by atoms with Gasteiger partial charge in [-0.05, 0) is 38.5 Å². The Bertz CT molecular complexity index is 637. The van der Waals surface area contributed by atoms with Gasteiger partial charge in [0.25, 0.3) is 5.91 Å². The summed E-state index contributed by atoms with van der Waals surface area (Å²) in [5.41, 5.74) is 7.97. The highest BCUT2D eigenvalue weighted by atomic mass is 32.1. The number of rotatable bonds is 4. The highest BCUT2D eigenvalue weighted by Gasteiger charge is 2.16. The highest BCUT2D eigenvalue weighted by molar-refractivity contribution is 7.17. The van der Waals surface area contributed by atoms with Gasteiger partial charge >= 0.3 is 0 Å². The standard InChI is InChI=1S/C14H17N3O2S/c1-4-19-11-7-8(2)5-6-10(11)17-13(18)12-9(3)16-14(15)20-12/h5-7H,4H2,1-3H3,(H2,15,16)(H,17,18). The topological polar surface area (TPSA) is 77.2 Å². The molecule has 0 aliphatic heterocycles. The van der Waals surface area contributed by atoms with Gasteiger partial charge in [-0.2, -0.15) is 0 Å². The average molecular weight is 291 g/mol. The zero-order chi connectivity index (χ0) is 14.7. The maximum absolute atomic E-state index is 12.2. The summed E-state index contributed by atoms with van der Waals surface area (Å²) < 4.78 is 5.54. The van der Waals surface area contributed by atoms with Crippen LogP contribution in [-0.2, 0) is 0 Å². The summed E-state index contributed by atoms with van der Waals surface area (Å²) in [7, 11) is 0. The van der Waals surface area contributed by atoms with Gasteiger partial charge in [0.15, 0.2) is 5.13 Å². The molecule has 1 heterocycles. The monoisotopic (exact) mass is 291 g/mol. The summed E-state index contributed by atoms with van der Waals surface area (Å²) in [5.74, 6) is 0.442. The van der Waals surface area contributed by atoms with E-state index in [4.69, 9.17) is 10.5 Å². The van der Waals surface area contributed by atoms with Crippen molar-refractivity contribution in [3.05, 3.63) is 34.3 Å². The number of amides is 1. The number of hydrogen-bond donors (Lipinski definition) is 2. The third-order valence-electron chi connectivity index (χ3n) is 2.70. The van der Waals surface area contributed by atoms with Gasteiger partial charge in [0.1, 0.15) is 10.6 Å². The van der Waals surface area contributed by atoms with E-state index < -0.39 is 0 Å². The van der Waals surface area contributed by atoms with Crippen molar-refractivity contribution in [3.8, 4) is 5.75 Å². The van der Waals surface area contributed by atoms with Gasteiger partial charge in [-0.3, -0.25) is 4.79 Å². The van der Waals surface area contributed by atoms with Crippen molar-refractivity contribution in [1.82, 2.24) is 4.98 Å². The minimum Gasteiger partial charge on any atom is -0.492 e.